The maximum Gasteiger partial charge on any atom is 0.253 e. The zero-order valence-electron chi connectivity index (χ0n) is 14.1. The van der Waals surface area contributed by atoms with Gasteiger partial charge in [-0.1, -0.05) is 12.1 Å². The number of anilines is 1. The number of hydrogen-bond acceptors (Lipinski definition) is 4. The van der Waals surface area contributed by atoms with Crippen LogP contribution in [0.2, 0.25) is 0 Å². The van der Waals surface area contributed by atoms with Crippen LogP contribution in [0.25, 0.3) is 0 Å². The molecular formula is C19H20F2N4O. The summed E-state index contributed by atoms with van der Waals surface area (Å²) in [6, 6.07) is 7.58. The highest BCUT2D eigenvalue weighted by Crippen LogP contribution is 2.26. The van der Waals surface area contributed by atoms with Crippen LogP contribution in [-0.4, -0.2) is 30.9 Å². The standard InChI is InChI=1S/C19H20F2N4O/c20-14-7-13(8-24-10-14)11-1-4-15(5-2-11)25-9-12-3-6-16(21)17(18(12)22)19(23)26/h1-6,9,13-14,22,24-25H,7-8,10H2,(H2,23,26)/b12-9-,22-18?. The zero-order chi connectivity index (χ0) is 18.7. The first-order valence-corrected chi connectivity index (χ1v) is 8.34. The van der Waals surface area contributed by atoms with Gasteiger partial charge < -0.3 is 16.4 Å². The minimum Gasteiger partial charge on any atom is -0.365 e. The lowest BCUT2D eigenvalue weighted by atomic mass is 9.91. The zero-order valence-corrected chi connectivity index (χ0v) is 14.1. The van der Waals surface area contributed by atoms with E-state index in [9.17, 15) is 13.6 Å². The van der Waals surface area contributed by atoms with Crippen LogP contribution in [0, 0.1) is 5.41 Å². The topological polar surface area (TPSA) is 91.0 Å². The minimum atomic E-state index is -0.973. The molecule has 26 heavy (non-hydrogen) atoms. The smallest absolute Gasteiger partial charge is 0.253 e. The Balaban J connectivity index is 1.68. The van der Waals surface area contributed by atoms with Gasteiger partial charge in [0.25, 0.3) is 5.91 Å². The number of rotatable bonds is 4. The lowest BCUT2D eigenvalue weighted by Gasteiger charge is -2.26. The number of nitrogens with one attached hydrogen (secondary N) is 3. The van der Waals surface area contributed by atoms with E-state index < -0.39 is 23.5 Å². The second kappa shape index (κ2) is 7.61. The summed E-state index contributed by atoms with van der Waals surface area (Å²) in [6.07, 6.45) is 3.72. The van der Waals surface area contributed by atoms with Gasteiger partial charge >= 0.3 is 0 Å². The summed E-state index contributed by atoms with van der Waals surface area (Å²) < 4.78 is 27.1. The van der Waals surface area contributed by atoms with Crippen molar-refractivity contribution in [3.63, 3.8) is 0 Å². The fourth-order valence-electron chi connectivity index (χ4n) is 3.11. The second-order valence-corrected chi connectivity index (χ2v) is 6.35. The Labute approximate surface area is 150 Å². The van der Waals surface area contributed by atoms with Crippen molar-refractivity contribution in [2.45, 2.75) is 18.5 Å². The molecule has 0 spiro atoms. The number of alkyl halides is 1. The Hall–Kier alpha value is -2.80. The SMILES string of the molecule is N=C1C(C(N)=O)=C(F)C=C/C1=C/Nc1ccc(C2CNCC(F)C2)cc1. The Bertz CT molecular complexity index is 811. The average molecular weight is 358 g/mol. The Morgan fingerprint density at radius 2 is 2.00 bits per heavy atom. The number of carbonyl (C=O) groups is 1. The first kappa shape index (κ1) is 18.0. The maximum atomic E-state index is 13.6. The molecule has 1 aliphatic heterocycles. The average Bonchev–Trinajstić information content (AvgIpc) is 2.61. The van der Waals surface area contributed by atoms with Crippen molar-refractivity contribution in [3.05, 3.63) is 65.2 Å². The fraction of sp³-hybridized carbons (Fsp3) is 0.263. The molecule has 1 fully saturated rings. The van der Waals surface area contributed by atoms with Crippen molar-refractivity contribution in [2.75, 3.05) is 18.4 Å². The van der Waals surface area contributed by atoms with E-state index in [4.69, 9.17) is 11.1 Å². The molecule has 5 nitrogen and oxygen atoms in total. The van der Waals surface area contributed by atoms with Crippen LogP contribution in [0.3, 0.4) is 0 Å². The third-order valence-corrected chi connectivity index (χ3v) is 4.51. The summed E-state index contributed by atoms with van der Waals surface area (Å²) >= 11 is 0. The number of benzene rings is 1. The molecule has 5 N–H and O–H groups in total. The van der Waals surface area contributed by atoms with E-state index >= 15 is 0 Å². The van der Waals surface area contributed by atoms with E-state index in [1.165, 1.54) is 12.3 Å². The van der Waals surface area contributed by atoms with Crippen LogP contribution in [0.15, 0.2) is 59.6 Å². The van der Waals surface area contributed by atoms with E-state index in [1.54, 1.807) is 0 Å². The van der Waals surface area contributed by atoms with Crippen molar-refractivity contribution < 1.29 is 13.6 Å². The number of nitrogens with two attached hydrogens (primary N) is 1. The van der Waals surface area contributed by atoms with E-state index in [0.29, 0.717) is 18.5 Å². The first-order valence-electron chi connectivity index (χ1n) is 8.34. The molecule has 1 heterocycles. The van der Waals surface area contributed by atoms with Gasteiger partial charge in [0.05, 0.1) is 5.71 Å². The predicted octanol–water partition coefficient (Wildman–Crippen LogP) is 2.70. The molecule has 3 rings (SSSR count). The van der Waals surface area contributed by atoms with Crippen molar-refractivity contribution in [3.8, 4) is 0 Å². The van der Waals surface area contributed by atoms with Crippen LogP contribution in [0.1, 0.15) is 17.9 Å². The summed E-state index contributed by atoms with van der Waals surface area (Å²) in [5.74, 6) is -1.64. The molecular weight excluding hydrogens is 338 g/mol. The molecule has 1 saturated heterocycles. The Kier molecular flexibility index (Phi) is 5.27. The molecule has 1 amide bonds. The highest BCUT2D eigenvalue weighted by Gasteiger charge is 2.23. The van der Waals surface area contributed by atoms with Gasteiger partial charge in [-0.25, -0.2) is 8.78 Å². The Morgan fingerprint density at radius 3 is 2.65 bits per heavy atom. The van der Waals surface area contributed by atoms with Crippen LogP contribution in [0.5, 0.6) is 0 Å². The van der Waals surface area contributed by atoms with Crippen molar-refractivity contribution in [1.29, 1.82) is 5.41 Å². The minimum absolute atomic E-state index is 0.145. The molecule has 0 bridgehead atoms. The third-order valence-electron chi connectivity index (χ3n) is 4.51. The normalized spacial score (nSPS) is 24.8. The summed E-state index contributed by atoms with van der Waals surface area (Å²) in [7, 11) is 0. The lowest BCUT2D eigenvalue weighted by Crippen LogP contribution is -2.36. The van der Waals surface area contributed by atoms with Crippen molar-refractivity contribution in [2.24, 2.45) is 5.73 Å². The molecule has 0 saturated carbocycles. The quantitative estimate of drug-likeness (QED) is 0.667. The number of hydrogen-bond donors (Lipinski definition) is 4. The van der Waals surface area contributed by atoms with Crippen LogP contribution >= 0.6 is 0 Å². The molecule has 7 heteroatoms. The fourth-order valence-corrected chi connectivity index (χ4v) is 3.11. The highest BCUT2D eigenvalue weighted by atomic mass is 19.1. The molecule has 1 aromatic carbocycles. The van der Waals surface area contributed by atoms with Gasteiger partial charge in [0.1, 0.15) is 17.6 Å². The largest absolute Gasteiger partial charge is 0.365 e. The van der Waals surface area contributed by atoms with Gasteiger partial charge in [0.15, 0.2) is 0 Å². The number of amides is 1. The predicted molar refractivity (Wildman–Crippen MR) is 97.5 cm³/mol. The lowest BCUT2D eigenvalue weighted by molar-refractivity contribution is -0.114. The number of primary amides is 1. The van der Waals surface area contributed by atoms with E-state index in [2.05, 4.69) is 10.6 Å². The third kappa shape index (κ3) is 3.88. The number of allylic oxidation sites excluding steroid dienone is 4. The van der Waals surface area contributed by atoms with Crippen LogP contribution in [0.4, 0.5) is 14.5 Å². The highest BCUT2D eigenvalue weighted by molar-refractivity contribution is 6.28. The molecule has 1 aliphatic carbocycles. The number of piperidine rings is 1. The monoisotopic (exact) mass is 358 g/mol. The van der Waals surface area contributed by atoms with Gasteiger partial charge in [-0.15, -0.1) is 0 Å². The van der Waals surface area contributed by atoms with Gasteiger partial charge in [0, 0.05) is 30.5 Å². The van der Waals surface area contributed by atoms with Crippen LogP contribution < -0.4 is 16.4 Å². The maximum absolute atomic E-state index is 13.6. The van der Waals surface area contributed by atoms with Crippen LogP contribution in [-0.2, 0) is 4.79 Å². The molecule has 0 aromatic heterocycles. The van der Waals surface area contributed by atoms with E-state index in [-0.39, 0.29) is 11.6 Å². The molecule has 2 atom stereocenters. The van der Waals surface area contributed by atoms with E-state index in [0.717, 1.165) is 23.9 Å². The Morgan fingerprint density at radius 1 is 1.27 bits per heavy atom. The molecule has 2 unspecified atom stereocenters. The van der Waals surface area contributed by atoms with Crippen molar-refractivity contribution >= 4 is 17.3 Å². The molecule has 1 aromatic rings. The number of carbonyl (C=O) groups excluding carboxylic acids is 1. The summed E-state index contributed by atoms with van der Waals surface area (Å²) in [6.45, 7) is 1.17. The molecule has 2 aliphatic rings. The van der Waals surface area contributed by atoms with E-state index in [1.807, 2.05) is 24.3 Å². The van der Waals surface area contributed by atoms with Gasteiger partial charge in [0.2, 0.25) is 0 Å². The molecule has 136 valence electrons. The van der Waals surface area contributed by atoms with Gasteiger partial charge in [-0.2, -0.15) is 0 Å². The molecule has 0 radical (unpaired) electrons. The summed E-state index contributed by atoms with van der Waals surface area (Å²) in [5.41, 5.74) is 6.60. The van der Waals surface area contributed by atoms with Gasteiger partial charge in [-0.3, -0.25) is 10.2 Å². The van der Waals surface area contributed by atoms with Gasteiger partial charge in [-0.05, 0) is 42.2 Å². The summed E-state index contributed by atoms with van der Waals surface area (Å²) in [5, 5.41) is 14.0. The first-order chi connectivity index (χ1) is 12.5. The number of halogens is 2. The second-order valence-electron chi connectivity index (χ2n) is 6.35. The van der Waals surface area contributed by atoms with Crippen molar-refractivity contribution in [1.82, 2.24) is 5.32 Å². The summed E-state index contributed by atoms with van der Waals surface area (Å²) in [4.78, 5) is 11.3.